The summed E-state index contributed by atoms with van der Waals surface area (Å²) in [6.45, 7) is 8.46. The Morgan fingerprint density at radius 3 is 2.54 bits per heavy atom. The van der Waals surface area contributed by atoms with E-state index in [1.54, 1.807) is 0 Å². The van der Waals surface area contributed by atoms with Crippen LogP contribution in [0.15, 0.2) is 0 Å². The van der Waals surface area contributed by atoms with Gasteiger partial charge in [0.15, 0.2) is 0 Å². The number of ether oxygens (including phenoxy) is 1. The Bertz CT molecular complexity index is 107. The zero-order valence-electron chi connectivity index (χ0n) is 9.05. The zero-order valence-corrected chi connectivity index (χ0v) is 9.05. The van der Waals surface area contributed by atoms with E-state index < -0.39 is 0 Å². The van der Waals surface area contributed by atoms with Gasteiger partial charge in [-0.2, -0.15) is 0 Å². The van der Waals surface area contributed by atoms with Gasteiger partial charge < -0.3 is 15.2 Å². The van der Waals surface area contributed by atoms with Crippen LogP contribution in [0.3, 0.4) is 0 Å². The molecule has 2 N–H and O–H groups in total. The molecule has 0 aromatic heterocycles. The SMILES string of the molecule is CCCOCCNC(C)CC(C)O. The van der Waals surface area contributed by atoms with Crippen LogP contribution in [-0.4, -0.2) is 37.0 Å². The van der Waals surface area contributed by atoms with Gasteiger partial charge in [0.2, 0.25) is 0 Å². The van der Waals surface area contributed by atoms with Crippen molar-refractivity contribution in [2.45, 2.75) is 45.8 Å². The Labute approximate surface area is 81.5 Å². The molecule has 0 aliphatic heterocycles. The maximum atomic E-state index is 9.09. The fourth-order valence-corrected chi connectivity index (χ4v) is 1.22. The summed E-state index contributed by atoms with van der Waals surface area (Å²) in [6.07, 6.45) is 1.65. The van der Waals surface area contributed by atoms with Crippen molar-refractivity contribution >= 4 is 0 Å². The van der Waals surface area contributed by atoms with Gasteiger partial charge >= 0.3 is 0 Å². The lowest BCUT2D eigenvalue weighted by atomic mass is 10.1. The van der Waals surface area contributed by atoms with E-state index in [-0.39, 0.29) is 6.10 Å². The molecular weight excluding hydrogens is 166 g/mol. The molecule has 0 rings (SSSR count). The number of hydrogen-bond donors (Lipinski definition) is 2. The Hall–Kier alpha value is -0.120. The van der Waals surface area contributed by atoms with Crippen molar-refractivity contribution in [3.05, 3.63) is 0 Å². The van der Waals surface area contributed by atoms with Crippen molar-refractivity contribution in [1.29, 1.82) is 0 Å². The molecule has 2 atom stereocenters. The van der Waals surface area contributed by atoms with Crippen molar-refractivity contribution in [3.63, 3.8) is 0 Å². The Balaban J connectivity index is 3.12. The first-order valence-electron chi connectivity index (χ1n) is 5.16. The topological polar surface area (TPSA) is 41.5 Å². The fraction of sp³-hybridized carbons (Fsp3) is 1.00. The van der Waals surface area contributed by atoms with Crippen LogP contribution in [0, 0.1) is 0 Å². The second-order valence-electron chi connectivity index (χ2n) is 3.55. The molecule has 0 fully saturated rings. The van der Waals surface area contributed by atoms with Crippen LogP contribution in [0.5, 0.6) is 0 Å². The number of nitrogens with one attached hydrogen (secondary N) is 1. The average Bonchev–Trinajstić information content (AvgIpc) is 2.02. The summed E-state index contributed by atoms with van der Waals surface area (Å²) in [5.74, 6) is 0. The molecule has 80 valence electrons. The van der Waals surface area contributed by atoms with E-state index in [9.17, 15) is 0 Å². The summed E-state index contributed by atoms with van der Waals surface area (Å²) in [6, 6.07) is 0.366. The van der Waals surface area contributed by atoms with Gasteiger partial charge in [0.05, 0.1) is 12.7 Å². The van der Waals surface area contributed by atoms with Gasteiger partial charge in [-0.05, 0) is 26.7 Å². The highest BCUT2D eigenvalue weighted by Crippen LogP contribution is 1.95. The first kappa shape index (κ1) is 12.9. The molecule has 0 heterocycles. The lowest BCUT2D eigenvalue weighted by Crippen LogP contribution is -2.32. The molecule has 0 spiro atoms. The quantitative estimate of drug-likeness (QED) is 0.563. The molecule has 0 bridgehead atoms. The van der Waals surface area contributed by atoms with Gasteiger partial charge in [-0.1, -0.05) is 6.92 Å². The van der Waals surface area contributed by atoms with Crippen molar-refractivity contribution < 1.29 is 9.84 Å². The predicted octanol–water partition coefficient (Wildman–Crippen LogP) is 1.16. The van der Waals surface area contributed by atoms with Crippen LogP contribution in [0.4, 0.5) is 0 Å². The molecular formula is C10H23NO2. The van der Waals surface area contributed by atoms with Gasteiger partial charge in [0, 0.05) is 19.2 Å². The normalized spacial score (nSPS) is 15.7. The van der Waals surface area contributed by atoms with Crippen LogP contribution in [0.25, 0.3) is 0 Å². The van der Waals surface area contributed by atoms with Crippen LogP contribution in [-0.2, 0) is 4.74 Å². The smallest absolute Gasteiger partial charge is 0.0590 e. The van der Waals surface area contributed by atoms with E-state index in [0.717, 1.165) is 32.6 Å². The highest BCUT2D eigenvalue weighted by atomic mass is 16.5. The zero-order chi connectivity index (χ0) is 10.1. The Kier molecular flexibility index (Phi) is 8.40. The molecule has 0 saturated heterocycles. The maximum absolute atomic E-state index is 9.09. The molecule has 0 aliphatic rings. The molecule has 0 saturated carbocycles. The largest absolute Gasteiger partial charge is 0.393 e. The number of rotatable bonds is 8. The molecule has 0 amide bonds. The summed E-state index contributed by atoms with van der Waals surface area (Å²) in [5, 5.41) is 12.4. The molecule has 0 aromatic rings. The van der Waals surface area contributed by atoms with E-state index in [4.69, 9.17) is 9.84 Å². The van der Waals surface area contributed by atoms with E-state index in [1.807, 2.05) is 6.92 Å². The van der Waals surface area contributed by atoms with E-state index in [0.29, 0.717) is 6.04 Å². The molecule has 0 radical (unpaired) electrons. The third-order valence-electron chi connectivity index (χ3n) is 1.78. The summed E-state index contributed by atoms with van der Waals surface area (Å²) in [4.78, 5) is 0. The minimum Gasteiger partial charge on any atom is -0.393 e. The van der Waals surface area contributed by atoms with Crippen molar-refractivity contribution in [2.75, 3.05) is 19.8 Å². The monoisotopic (exact) mass is 189 g/mol. The fourth-order valence-electron chi connectivity index (χ4n) is 1.22. The van der Waals surface area contributed by atoms with Gasteiger partial charge in [0.1, 0.15) is 0 Å². The summed E-state index contributed by atoms with van der Waals surface area (Å²) < 4.78 is 5.31. The van der Waals surface area contributed by atoms with Gasteiger partial charge in [-0.25, -0.2) is 0 Å². The van der Waals surface area contributed by atoms with Crippen molar-refractivity contribution in [2.24, 2.45) is 0 Å². The van der Waals surface area contributed by atoms with Gasteiger partial charge in [-0.3, -0.25) is 0 Å². The third kappa shape index (κ3) is 9.80. The van der Waals surface area contributed by atoms with E-state index in [1.165, 1.54) is 0 Å². The minimum atomic E-state index is -0.223. The number of aliphatic hydroxyl groups excluding tert-OH is 1. The van der Waals surface area contributed by atoms with Crippen LogP contribution in [0.2, 0.25) is 0 Å². The Morgan fingerprint density at radius 2 is 2.00 bits per heavy atom. The number of aliphatic hydroxyl groups is 1. The van der Waals surface area contributed by atoms with E-state index in [2.05, 4.69) is 19.2 Å². The standard InChI is InChI=1S/C10H23NO2/c1-4-6-13-7-5-11-9(2)8-10(3)12/h9-12H,4-8H2,1-3H3. The molecule has 3 heteroatoms. The highest BCUT2D eigenvalue weighted by Gasteiger charge is 2.03. The summed E-state index contributed by atoms with van der Waals surface area (Å²) >= 11 is 0. The first-order chi connectivity index (χ1) is 6.16. The van der Waals surface area contributed by atoms with E-state index >= 15 is 0 Å². The number of hydrogen-bond acceptors (Lipinski definition) is 3. The van der Waals surface area contributed by atoms with Crippen molar-refractivity contribution in [3.8, 4) is 0 Å². The summed E-state index contributed by atoms with van der Waals surface area (Å²) in [5.41, 5.74) is 0. The second-order valence-corrected chi connectivity index (χ2v) is 3.55. The first-order valence-corrected chi connectivity index (χ1v) is 5.16. The highest BCUT2D eigenvalue weighted by molar-refractivity contribution is 4.63. The molecule has 0 aliphatic carbocycles. The lowest BCUT2D eigenvalue weighted by Gasteiger charge is -2.15. The van der Waals surface area contributed by atoms with Crippen LogP contribution in [0.1, 0.15) is 33.6 Å². The lowest BCUT2D eigenvalue weighted by molar-refractivity contribution is 0.129. The molecule has 0 aromatic carbocycles. The Morgan fingerprint density at radius 1 is 1.31 bits per heavy atom. The maximum Gasteiger partial charge on any atom is 0.0590 e. The average molecular weight is 189 g/mol. The molecule has 13 heavy (non-hydrogen) atoms. The third-order valence-corrected chi connectivity index (χ3v) is 1.78. The van der Waals surface area contributed by atoms with Gasteiger partial charge in [0.25, 0.3) is 0 Å². The van der Waals surface area contributed by atoms with Gasteiger partial charge in [-0.15, -0.1) is 0 Å². The minimum absolute atomic E-state index is 0.223. The van der Waals surface area contributed by atoms with Crippen LogP contribution >= 0.6 is 0 Å². The molecule has 2 unspecified atom stereocenters. The molecule has 3 nitrogen and oxygen atoms in total. The van der Waals surface area contributed by atoms with Crippen LogP contribution < -0.4 is 5.32 Å². The summed E-state index contributed by atoms with van der Waals surface area (Å²) in [7, 11) is 0. The second kappa shape index (κ2) is 8.48. The van der Waals surface area contributed by atoms with Crippen molar-refractivity contribution in [1.82, 2.24) is 5.32 Å². The predicted molar refractivity (Wildman–Crippen MR) is 54.9 cm³/mol.